The minimum atomic E-state index is 0.176. The molecule has 1 fully saturated rings. The average Bonchev–Trinajstić information content (AvgIpc) is 2.48. The van der Waals surface area contributed by atoms with Gasteiger partial charge in [-0.25, -0.2) is 0 Å². The van der Waals surface area contributed by atoms with Gasteiger partial charge in [0.05, 0.1) is 12.7 Å². The van der Waals surface area contributed by atoms with Gasteiger partial charge in [-0.3, -0.25) is 4.90 Å². The molecule has 19 heavy (non-hydrogen) atoms. The number of aldehydes is 1. The molecule has 3 nitrogen and oxygen atoms in total. The monoisotopic (exact) mass is 259 g/mol. The molecule has 1 aromatic carbocycles. The van der Waals surface area contributed by atoms with Crippen LogP contribution in [0.4, 0.5) is 0 Å². The van der Waals surface area contributed by atoms with E-state index in [1.165, 1.54) is 11.1 Å². The van der Waals surface area contributed by atoms with E-state index in [1.54, 1.807) is 0 Å². The first kappa shape index (κ1) is 12.8. The fraction of sp³-hybridized carbons (Fsp3) is 0.562. The second kappa shape index (κ2) is 5.85. The van der Waals surface area contributed by atoms with Crippen molar-refractivity contribution in [3.8, 4) is 0 Å². The number of benzene rings is 1. The maximum absolute atomic E-state index is 10.9. The van der Waals surface area contributed by atoms with Gasteiger partial charge in [-0.2, -0.15) is 0 Å². The fourth-order valence-corrected chi connectivity index (χ4v) is 3.23. The molecule has 102 valence electrons. The van der Waals surface area contributed by atoms with E-state index in [4.69, 9.17) is 4.74 Å². The lowest BCUT2D eigenvalue weighted by Gasteiger charge is -2.35. The molecule has 2 heterocycles. The van der Waals surface area contributed by atoms with Gasteiger partial charge in [-0.15, -0.1) is 0 Å². The van der Waals surface area contributed by atoms with Crippen LogP contribution in [0.2, 0.25) is 0 Å². The molecule has 2 atom stereocenters. The lowest BCUT2D eigenvalue weighted by atomic mass is 9.95. The third-order valence-electron chi connectivity index (χ3n) is 4.25. The number of fused-ring (bicyclic) bond motifs is 1. The zero-order valence-electron chi connectivity index (χ0n) is 11.3. The molecule has 0 N–H and O–H groups in total. The molecule has 0 aromatic heterocycles. The van der Waals surface area contributed by atoms with Gasteiger partial charge in [0.1, 0.15) is 6.29 Å². The van der Waals surface area contributed by atoms with Gasteiger partial charge in [0.2, 0.25) is 0 Å². The highest BCUT2D eigenvalue weighted by molar-refractivity contribution is 5.53. The van der Waals surface area contributed by atoms with Gasteiger partial charge in [-0.1, -0.05) is 24.3 Å². The molecule has 0 spiro atoms. The Balaban J connectivity index is 1.69. The van der Waals surface area contributed by atoms with E-state index in [9.17, 15) is 4.79 Å². The molecule has 2 unspecified atom stereocenters. The Kier molecular flexibility index (Phi) is 3.95. The zero-order chi connectivity index (χ0) is 13.1. The van der Waals surface area contributed by atoms with Crippen molar-refractivity contribution in [3.05, 3.63) is 35.4 Å². The molecule has 1 saturated heterocycles. The van der Waals surface area contributed by atoms with Crippen LogP contribution in [0.25, 0.3) is 0 Å². The molecule has 0 bridgehead atoms. The van der Waals surface area contributed by atoms with Crippen LogP contribution >= 0.6 is 0 Å². The first-order valence-corrected chi connectivity index (χ1v) is 7.24. The molecule has 0 aliphatic carbocycles. The van der Waals surface area contributed by atoms with Crippen LogP contribution in [0.1, 0.15) is 30.1 Å². The number of likely N-dealkylation sites (tertiary alicyclic amines) is 1. The average molecular weight is 259 g/mol. The van der Waals surface area contributed by atoms with Crippen molar-refractivity contribution < 1.29 is 9.53 Å². The fourth-order valence-electron chi connectivity index (χ4n) is 3.23. The number of nitrogens with zero attached hydrogens (tertiary/aromatic N) is 1. The predicted octanol–water partition coefficient (Wildman–Crippen LogP) is 2.21. The van der Waals surface area contributed by atoms with Crippen molar-refractivity contribution in [2.24, 2.45) is 5.92 Å². The van der Waals surface area contributed by atoms with Crippen LogP contribution in [0, 0.1) is 5.92 Å². The normalized spacial score (nSPS) is 27.8. The topological polar surface area (TPSA) is 29.5 Å². The van der Waals surface area contributed by atoms with Crippen LogP contribution in [0.5, 0.6) is 0 Å². The summed E-state index contributed by atoms with van der Waals surface area (Å²) in [6, 6.07) is 8.57. The quantitative estimate of drug-likeness (QED) is 0.779. The summed E-state index contributed by atoms with van der Waals surface area (Å²) in [6.45, 7) is 3.71. The summed E-state index contributed by atoms with van der Waals surface area (Å²) in [7, 11) is 0. The first-order valence-electron chi connectivity index (χ1n) is 7.24. The van der Waals surface area contributed by atoms with E-state index in [0.29, 0.717) is 0 Å². The number of ether oxygens (including phenoxy) is 1. The number of hydrogen-bond acceptors (Lipinski definition) is 3. The Labute approximate surface area is 114 Å². The minimum absolute atomic E-state index is 0.176. The molecule has 3 heteroatoms. The number of rotatable bonds is 3. The van der Waals surface area contributed by atoms with Crippen LogP contribution in [-0.4, -0.2) is 37.4 Å². The van der Waals surface area contributed by atoms with Crippen molar-refractivity contribution >= 4 is 6.29 Å². The Morgan fingerprint density at radius 2 is 2.26 bits per heavy atom. The van der Waals surface area contributed by atoms with Gasteiger partial charge >= 0.3 is 0 Å². The van der Waals surface area contributed by atoms with Gasteiger partial charge in [0.15, 0.2) is 0 Å². The van der Waals surface area contributed by atoms with Crippen molar-refractivity contribution in [2.45, 2.75) is 25.4 Å². The van der Waals surface area contributed by atoms with Crippen molar-refractivity contribution in [2.75, 3.05) is 26.2 Å². The third kappa shape index (κ3) is 2.88. The Bertz CT molecular complexity index is 446. The molecule has 0 radical (unpaired) electrons. The largest absolute Gasteiger partial charge is 0.372 e. The third-order valence-corrected chi connectivity index (χ3v) is 4.25. The molecular formula is C16H21NO2. The summed E-state index contributed by atoms with van der Waals surface area (Å²) in [4.78, 5) is 13.3. The lowest BCUT2D eigenvalue weighted by molar-refractivity contribution is -0.112. The van der Waals surface area contributed by atoms with Crippen molar-refractivity contribution in [1.29, 1.82) is 0 Å². The predicted molar refractivity (Wildman–Crippen MR) is 74.1 cm³/mol. The summed E-state index contributed by atoms with van der Waals surface area (Å²) >= 11 is 0. The van der Waals surface area contributed by atoms with Gasteiger partial charge < -0.3 is 9.53 Å². The smallest absolute Gasteiger partial charge is 0.124 e. The number of hydrogen-bond donors (Lipinski definition) is 0. The number of piperidine rings is 1. The van der Waals surface area contributed by atoms with Crippen molar-refractivity contribution in [1.82, 2.24) is 4.90 Å². The Morgan fingerprint density at radius 1 is 1.37 bits per heavy atom. The highest BCUT2D eigenvalue weighted by Crippen LogP contribution is 2.28. The number of carbonyl (C=O) groups is 1. The second-order valence-electron chi connectivity index (χ2n) is 5.61. The molecule has 0 amide bonds. The highest BCUT2D eigenvalue weighted by atomic mass is 16.5. The molecule has 2 aliphatic heterocycles. The van der Waals surface area contributed by atoms with E-state index in [-0.39, 0.29) is 12.0 Å². The second-order valence-corrected chi connectivity index (χ2v) is 5.61. The highest BCUT2D eigenvalue weighted by Gasteiger charge is 2.26. The van der Waals surface area contributed by atoms with Crippen LogP contribution in [0.15, 0.2) is 24.3 Å². The Hall–Kier alpha value is -1.19. The maximum atomic E-state index is 10.9. The zero-order valence-corrected chi connectivity index (χ0v) is 11.3. The van der Waals surface area contributed by atoms with Gasteiger partial charge in [0, 0.05) is 19.0 Å². The molecule has 3 rings (SSSR count). The van der Waals surface area contributed by atoms with Gasteiger partial charge in [-0.05, 0) is 36.9 Å². The van der Waals surface area contributed by atoms with Crippen molar-refractivity contribution in [3.63, 3.8) is 0 Å². The summed E-state index contributed by atoms with van der Waals surface area (Å²) in [5.74, 6) is 0.215. The number of carbonyl (C=O) groups excluding carboxylic acids is 1. The minimum Gasteiger partial charge on any atom is -0.372 e. The molecule has 1 aromatic rings. The molecule has 2 aliphatic rings. The summed E-state index contributed by atoms with van der Waals surface area (Å²) < 4.78 is 5.95. The van der Waals surface area contributed by atoms with Crippen LogP contribution in [0.3, 0.4) is 0 Å². The Morgan fingerprint density at radius 3 is 3.16 bits per heavy atom. The summed E-state index contributed by atoms with van der Waals surface area (Å²) in [6.07, 6.45) is 4.47. The van der Waals surface area contributed by atoms with E-state index in [1.807, 2.05) is 0 Å². The molecular weight excluding hydrogens is 238 g/mol. The maximum Gasteiger partial charge on any atom is 0.124 e. The standard InChI is InChI=1S/C16H21NO2/c18-12-13-4-3-8-17(10-13)11-16-15-6-2-1-5-14(15)7-9-19-16/h1-2,5-6,12-13,16H,3-4,7-11H2. The van der Waals surface area contributed by atoms with E-state index in [2.05, 4.69) is 29.2 Å². The lowest BCUT2D eigenvalue weighted by Crippen LogP contribution is -2.39. The SMILES string of the molecule is O=CC1CCCN(CC2OCCc3ccccc32)C1. The summed E-state index contributed by atoms with van der Waals surface area (Å²) in [5.41, 5.74) is 2.75. The van der Waals surface area contributed by atoms with Crippen LogP contribution < -0.4 is 0 Å². The van der Waals surface area contributed by atoms with Crippen LogP contribution in [-0.2, 0) is 16.0 Å². The van der Waals surface area contributed by atoms with E-state index >= 15 is 0 Å². The van der Waals surface area contributed by atoms with E-state index < -0.39 is 0 Å². The first-order chi connectivity index (χ1) is 9.36. The molecule has 0 saturated carbocycles. The van der Waals surface area contributed by atoms with Gasteiger partial charge in [0.25, 0.3) is 0 Å². The van der Waals surface area contributed by atoms with E-state index in [0.717, 1.165) is 51.8 Å². The summed E-state index contributed by atoms with van der Waals surface area (Å²) in [5, 5.41) is 0.